The minimum Gasteiger partial charge on any atom is -0.460 e. The van der Waals surface area contributed by atoms with Crippen LogP contribution in [0, 0.1) is 11.6 Å². The smallest absolute Gasteiger partial charge is 0.378 e. The summed E-state index contributed by atoms with van der Waals surface area (Å²) in [5.74, 6) is -0.131. The van der Waals surface area contributed by atoms with Crippen molar-refractivity contribution in [2.45, 2.75) is 51.6 Å². The van der Waals surface area contributed by atoms with Crippen molar-refractivity contribution in [2.75, 3.05) is 13.2 Å². The van der Waals surface area contributed by atoms with Gasteiger partial charge in [-0.3, -0.25) is 0 Å². The van der Waals surface area contributed by atoms with Gasteiger partial charge in [0.25, 0.3) is 11.6 Å². The van der Waals surface area contributed by atoms with Gasteiger partial charge < -0.3 is 9.47 Å². The van der Waals surface area contributed by atoms with Crippen molar-refractivity contribution in [2.24, 2.45) is 0 Å². The minimum atomic E-state index is -0.540. The third-order valence-electron chi connectivity index (χ3n) is 6.72. The maximum atomic E-state index is 13.9. The molecule has 2 aliphatic rings. The summed E-state index contributed by atoms with van der Waals surface area (Å²) < 4.78 is 40.8. The first kappa shape index (κ1) is 27.1. The quantitative estimate of drug-likeness (QED) is 0.327. The fourth-order valence-electron chi connectivity index (χ4n) is 4.96. The molecule has 0 unspecified atom stereocenters. The average Bonchev–Trinajstić information content (AvgIpc) is 3.71. The van der Waals surface area contributed by atoms with E-state index < -0.39 is 11.9 Å². The predicted molar refractivity (Wildman–Crippen MR) is 138 cm³/mol. The first-order valence-electron chi connectivity index (χ1n) is 13.1. The van der Waals surface area contributed by atoms with E-state index >= 15 is 0 Å². The number of benzene rings is 2. The molecule has 208 valence electrons. The summed E-state index contributed by atoms with van der Waals surface area (Å²) in [6.45, 7) is 4.01. The van der Waals surface area contributed by atoms with E-state index in [0.717, 1.165) is 12.8 Å². The molecular weight excluding hydrogens is 522 g/mol. The number of esters is 2. The van der Waals surface area contributed by atoms with Crippen molar-refractivity contribution < 1.29 is 27.8 Å². The van der Waals surface area contributed by atoms with Gasteiger partial charge >= 0.3 is 11.9 Å². The monoisotopic (exact) mass is 550 g/mol. The first-order chi connectivity index (χ1) is 19.4. The van der Waals surface area contributed by atoms with E-state index in [-0.39, 0.29) is 48.6 Å². The van der Waals surface area contributed by atoms with Crippen molar-refractivity contribution in [3.8, 4) is 0 Å². The van der Waals surface area contributed by atoms with Crippen molar-refractivity contribution in [3.63, 3.8) is 0 Å². The summed E-state index contributed by atoms with van der Waals surface area (Å²) in [5.41, 5.74) is 1.15. The summed E-state index contributed by atoms with van der Waals surface area (Å²) in [6, 6.07) is 12.8. The second-order valence-corrected chi connectivity index (χ2v) is 9.19. The lowest BCUT2D eigenvalue weighted by molar-refractivity contribution is 0.0502. The largest absolute Gasteiger partial charge is 0.460 e. The molecule has 2 aromatic carbocycles. The number of carbonyl (C=O) groups excluding carboxylic acids is 2. The average molecular weight is 551 g/mol. The van der Waals surface area contributed by atoms with Gasteiger partial charge in [-0.25, -0.2) is 37.7 Å². The molecule has 0 amide bonds. The first-order valence-corrected chi connectivity index (χ1v) is 13.1. The van der Waals surface area contributed by atoms with Crippen LogP contribution in [-0.2, 0) is 22.3 Å². The molecule has 2 atom stereocenters. The molecule has 0 spiro atoms. The number of carbonyl (C=O) groups is 2. The molecule has 10 nitrogen and oxygen atoms in total. The van der Waals surface area contributed by atoms with Crippen LogP contribution in [0.3, 0.4) is 0 Å². The third-order valence-corrected chi connectivity index (χ3v) is 6.72. The summed E-state index contributed by atoms with van der Waals surface area (Å²) in [6.07, 6.45) is 2.82. The van der Waals surface area contributed by atoms with Gasteiger partial charge in [0.1, 0.15) is 23.3 Å². The Balaban J connectivity index is 0.000000161. The number of nitrogens with zero attached hydrogens (tertiary/aromatic N) is 6. The summed E-state index contributed by atoms with van der Waals surface area (Å²) in [7, 11) is 0. The highest BCUT2D eigenvalue weighted by molar-refractivity contribution is 5.85. The third kappa shape index (κ3) is 5.33. The van der Waals surface area contributed by atoms with E-state index in [4.69, 9.17) is 9.47 Å². The highest BCUT2D eigenvalue weighted by Gasteiger charge is 2.31. The van der Waals surface area contributed by atoms with E-state index in [1.165, 1.54) is 12.1 Å². The zero-order chi connectivity index (χ0) is 28.2. The van der Waals surface area contributed by atoms with E-state index in [0.29, 0.717) is 35.6 Å². The zero-order valence-electron chi connectivity index (χ0n) is 22.1. The lowest BCUT2D eigenvalue weighted by Crippen LogP contribution is -2.12. The van der Waals surface area contributed by atoms with Gasteiger partial charge in [0, 0.05) is 24.0 Å². The van der Waals surface area contributed by atoms with Crippen molar-refractivity contribution in [1.29, 1.82) is 0 Å². The van der Waals surface area contributed by atoms with Gasteiger partial charge in [0.2, 0.25) is 0 Å². The molecule has 4 heterocycles. The Kier molecular flexibility index (Phi) is 7.94. The molecule has 2 aliphatic heterocycles. The Hall–Kier alpha value is -4.48. The van der Waals surface area contributed by atoms with Gasteiger partial charge in [-0.05, 0) is 38.8 Å². The second kappa shape index (κ2) is 11.7. The fraction of sp³-hybridized carbons (Fsp3) is 0.357. The van der Waals surface area contributed by atoms with Crippen LogP contribution in [0.5, 0.6) is 0 Å². The molecule has 4 aromatic rings. The molecule has 12 heteroatoms. The number of aryl methyl sites for hydroxylation is 2. The molecule has 0 saturated heterocycles. The standard InChI is InChI=1S/2C14H14FN3O2/c2*1-2-20-14(19)13-16-12-8-7-11(18(12)17-13)9-5-3-4-6-10(9)15/h2*3-6,11H,2,7-8H2,1H3/t2*11-/m10/s1. The number of aromatic nitrogens is 6. The summed E-state index contributed by atoms with van der Waals surface area (Å²) >= 11 is 0. The lowest BCUT2D eigenvalue weighted by atomic mass is 10.0. The van der Waals surface area contributed by atoms with Crippen molar-refractivity contribution in [3.05, 3.63) is 94.6 Å². The topological polar surface area (TPSA) is 114 Å². The molecule has 0 radical (unpaired) electrons. The van der Waals surface area contributed by atoms with Gasteiger partial charge in [-0.2, -0.15) is 0 Å². The van der Waals surface area contributed by atoms with Crippen LogP contribution in [0.25, 0.3) is 0 Å². The molecule has 0 bridgehead atoms. The highest BCUT2D eigenvalue weighted by Crippen LogP contribution is 2.33. The predicted octanol–water partition coefficient (Wildman–Crippen LogP) is 4.26. The van der Waals surface area contributed by atoms with Crippen LogP contribution < -0.4 is 0 Å². The van der Waals surface area contributed by atoms with Crippen LogP contribution in [0.2, 0.25) is 0 Å². The number of hydrogen-bond acceptors (Lipinski definition) is 8. The number of rotatable bonds is 6. The SMILES string of the molecule is CCOC(=O)c1nc2n(n1)[C@@H](c1ccccc1F)CC2.CCOC(=O)c1nc2n(n1)[C@H](c1ccccc1F)CC2. The molecule has 2 aromatic heterocycles. The normalized spacial score (nSPS) is 17.0. The van der Waals surface area contributed by atoms with Gasteiger partial charge in [-0.15, -0.1) is 10.2 Å². The zero-order valence-corrected chi connectivity index (χ0v) is 22.1. The number of fused-ring (bicyclic) bond motifs is 2. The van der Waals surface area contributed by atoms with Crippen molar-refractivity contribution in [1.82, 2.24) is 29.5 Å². The highest BCUT2D eigenvalue weighted by atomic mass is 19.1. The summed E-state index contributed by atoms with van der Waals surface area (Å²) in [4.78, 5) is 31.6. The molecule has 0 fully saturated rings. The maximum absolute atomic E-state index is 13.9. The van der Waals surface area contributed by atoms with E-state index in [9.17, 15) is 18.4 Å². The second-order valence-electron chi connectivity index (χ2n) is 9.19. The van der Waals surface area contributed by atoms with Crippen LogP contribution >= 0.6 is 0 Å². The molecule has 6 rings (SSSR count). The van der Waals surface area contributed by atoms with Crippen LogP contribution in [0.15, 0.2) is 48.5 Å². The minimum absolute atomic E-state index is 0.0443. The summed E-state index contributed by atoms with van der Waals surface area (Å²) in [5, 5.41) is 8.35. The molecule has 0 aliphatic carbocycles. The van der Waals surface area contributed by atoms with Crippen LogP contribution in [0.1, 0.15) is 82.8 Å². The van der Waals surface area contributed by atoms with Gasteiger partial charge in [0.15, 0.2) is 0 Å². The van der Waals surface area contributed by atoms with E-state index in [1.807, 2.05) is 0 Å². The molecule has 0 saturated carbocycles. The number of ether oxygens (including phenoxy) is 2. The van der Waals surface area contributed by atoms with Crippen LogP contribution in [0.4, 0.5) is 8.78 Å². The Bertz CT molecular complexity index is 1420. The molecule has 40 heavy (non-hydrogen) atoms. The Morgan fingerprint density at radius 1 is 0.750 bits per heavy atom. The Labute approximate surface area is 229 Å². The number of hydrogen-bond donors (Lipinski definition) is 0. The Morgan fingerprint density at radius 3 is 1.52 bits per heavy atom. The van der Waals surface area contributed by atoms with E-state index in [1.54, 1.807) is 59.6 Å². The van der Waals surface area contributed by atoms with Crippen molar-refractivity contribution >= 4 is 11.9 Å². The molecular formula is C28H28F2N6O4. The molecule has 0 N–H and O–H groups in total. The van der Waals surface area contributed by atoms with E-state index in [2.05, 4.69) is 20.2 Å². The number of halogens is 2. The fourth-order valence-corrected chi connectivity index (χ4v) is 4.96. The van der Waals surface area contributed by atoms with Gasteiger partial charge in [-0.1, -0.05) is 36.4 Å². The maximum Gasteiger partial charge on any atom is 0.378 e. The Morgan fingerprint density at radius 2 is 1.15 bits per heavy atom. The van der Waals surface area contributed by atoms with Crippen LogP contribution in [-0.4, -0.2) is 54.7 Å². The lowest BCUT2D eigenvalue weighted by Gasteiger charge is -2.12. The van der Waals surface area contributed by atoms with Gasteiger partial charge in [0.05, 0.1) is 25.3 Å².